The fraction of sp³-hybridized carbons (Fsp3) is 0.316. The molecule has 0 unspecified atom stereocenters. The van der Waals surface area contributed by atoms with Crippen LogP contribution in [0.2, 0.25) is 5.02 Å². The van der Waals surface area contributed by atoms with Gasteiger partial charge in [0.1, 0.15) is 0 Å². The van der Waals surface area contributed by atoms with E-state index in [9.17, 15) is 18.0 Å². The van der Waals surface area contributed by atoms with Crippen LogP contribution in [0.5, 0.6) is 0 Å². The van der Waals surface area contributed by atoms with Crippen molar-refractivity contribution in [1.29, 1.82) is 0 Å². The van der Waals surface area contributed by atoms with Crippen molar-refractivity contribution in [2.24, 2.45) is 0 Å². The number of ether oxygens (including phenoxy) is 1. The fourth-order valence-corrected chi connectivity index (χ4v) is 2.57. The highest BCUT2D eigenvalue weighted by Gasteiger charge is 2.41. The Morgan fingerprint density at radius 2 is 1.96 bits per heavy atom. The summed E-state index contributed by atoms with van der Waals surface area (Å²) < 4.78 is 49.0. The lowest BCUT2D eigenvalue weighted by Gasteiger charge is -2.03. The monoisotopic (exact) mass is 414 g/mol. The first-order valence-corrected chi connectivity index (χ1v) is 8.94. The Balaban J connectivity index is 0.00000136. The van der Waals surface area contributed by atoms with Gasteiger partial charge in [0, 0.05) is 18.0 Å². The van der Waals surface area contributed by atoms with Crippen LogP contribution in [-0.4, -0.2) is 22.5 Å². The highest BCUT2D eigenvalue weighted by molar-refractivity contribution is 6.31. The molecule has 0 amide bonds. The predicted octanol–water partition coefficient (Wildman–Crippen LogP) is 5.69. The van der Waals surface area contributed by atoms with Crippen molar-refractivity contribution < 1.29 is 27.1 Å². The summed E-state index contributed by atoms with van der Waals surface area (Å²) in [4.78, 5) is 19.3. The van der Waals surface area contributed by atoms with E-state index in [1.807, 2.05) is 13.8 Å². The number of halogens is 4. The van der Waals surface area contributed by atoms with Crippen molar-refractivity contribution in [3.05, 3.63) is 58.4 Å². The number of alkyl halides is 3. The molecule has 0 bridgehead atoms. The van der Waals surface area contributed by atoms with Crippen LogP contribution in [-0.2, 0) is 17.3 Å². The Bertz CT molecular complexity index is 971. The molecule has 28 heavy (non-hydrogen) atoms. The van der Waals surface area contributed by atoms with Gasteiger partial charge in [0.2, 0.25) is 5.76 Å². The molecule has 3 aromatic rings. The van der Waals surface area contributed by atoms with Crippen LogP contribution in [0.3, 0.4) is 0 Å². The SMILES string of the molecule is CC.CCOC(=O)c1oc(Cc2ccc3ncc(Cl)cc3c2)nc1C(F)(F)F. The van der Waals surface area contributed by atoms with E-state index < -0.39 is 23.6 Å². The Labute approximate surface area is 164 Å². The van der Waals surface area contributed by atoms with Crippen LogP contribution >= 0.6 is 11.6 Å². The molecule has 0 aliphatic heterocycles. The molecule has 0 radical (unpaired) electrons. The van der Waals surface area contributed by atoms with Crippen molar-refractivity contribution in [2.45, 2.75) is 33.4 Å². The van der Waals surface area contributed by atoms with Crippen LogP contribution in [0.4, 0.5) is 13.2 Å². The predicted molar refractivity (Wildman–Crippen MR) is 98.4 cm³/mol. The number of rotatable bonds is 4. The zero-order valence-electron chi connectivity index (χ0n) is 15.4. The summed E-state index contributed by atoms with van der Waals surface area (Å²) in [6.07, 6.45) is -3.37. The number of carbonyl (C=O) groups is 1. The summed E-state index contributed by atoms with van der Waals surface area (Å²) >= 11 is 5.90. The lowest BCUT2D eigenvalue weighted by atomic mass is 10.1. The van der Waals surface area contributed by atoms with Gasteiger partial charge in [-0.2, -0.15) is 13.2 Å². The maximum atomic E-state index is 13.1. The summed E-state index contributed by atoms with van der Waals surface area (Å²) in [6, 6.07) is 6.80. The molecule has 0 aliphatic rings. The maximum Gasteiger partial charge on any atom is 0.437 e. The average Bonchev–Trinajstić information content (AvgIpc) is 3.08. The first kappa shape index (κ1) is 21.7. The first-order valence-electron chi connectivity index (χ1n) is 8.56. The van der Waals surface area contributed by atoms with E-state index in [4.69, 9.17) is 16.0 Å². The summed E-state index contributed by atoms with van der Waals surface area (Å²) in [5, 5.41) is 1.16. The molecule has 0 aliphatic carbocycles. The minimum atomic E-state index is -4.83. The normalized spacial score (nSPS) is 11.1. The third-order valence-electron chi connectivity index (χ3n) is 3.47. The van der Waals surface area contributed by atoms with Crippen molar-refractivity contribution >= 4 is 28.5 Å². The van der Waals surface area contributed by atoms with Gasteiger partial charge < -0.3 is 9.15 Å². The second-order valence-corrected chi connectivity index (χ2v) is 5.80. The van der Waals surface area contributed by atoms with Gasteiger partial charge in [-0.1, -0.05) is 31.5 Å². The van der Waals surface area contributed by atoms with Gasteiger partial charge in [-0.25, -0.2) is 9.78 Å². The molecule has 0 fully saturated rings. The molecule has 1 aromatic carbocycles. The number of oxazole rings is 1. The van der Waals surface area contributed by atoms with Crippen molar-refractivity contribution in [2.75, 3.05) is 6.61 Å². The average molecular weight is 415 g/mol. The molecule has 0 saturated carbocycles. The number of pyridine rings is 1. The van der Waals surface area contributed by atoms with Crippen LogP contribution in [0.25, 0.3) is 10.9 Å². The lowest BCUT2D eigenvalue weighted by molar-refractivity contribution is -0.141. The molecule has 5 nitrogen and oxygen atoms in total. The topological polar surface area (TPSA) is 65.2 Å². The summed E-state index contributed by atoms with van der Waals surface area (Å²) in [5.41, 5.74) is -0.0721. The third kappa shape index (κ3) is 5.01. The third-order valence-corrected chi connectivity index (χ3v) is 3.68. The van der Waals surface area contributed by atoms with E-state index in [1.54, 1.807) is 24.3 Å². The molecule has 150 valence electrons. The van der Waals surface area contributed by atoms with Crippen LogP contribution in [0, 0.1) is 0 Å². The van der Waals surface area contributed by atoms with E-state index in [0.29, 0.717) is 16.1 Å². The number of benzene rings is 1. The molecule has 3 rings (SSSR count). The molecule has 0 N–H and O–H groups in total. The number of fused-ring (bicyclic) bond motifs is 1. The van der Waals surface area contributed by atoms with Gasteiger partial charge in [0.15, 0.2) is 11.6 Å². The van der Waals surface area contributed by atoms with Crippen molar-refractivity contribution in [3.8, 4) is 0 Å². The Morgan fingerprint density at radius 3 is 2.61 bits per heavy atom. The molecule has 2 aromatic heterocycles. The zero-order chi connectivity index (χ0) is 20.9. The van der Waals surface area contributed by atoms with E-state index in [-0.39, 0.29) is 18.9 Å². The van der Waals surface area contributed by atoms with Gasteiger partial charge in [-0.3, -0.25) is 4.98 Å². The van der Waals surface area contributed by atoms with Gasteiger partial charge in [0.25, 0.3) is 0 Å². The Hall–Kier alpha value is -2.61. The van der Waals surface area contributed by atoms with Crippen LogP contribution in [0.15, 0.2) is 34.9 Å². The Morgan fingerprint density at radius 1 is 1.25 bits per heavy atom. The van der Waals surface area contributed by atoms with E-state index in [2.05, 4.69) is 14.7 Å². The second kappa shape index (κ2) is 9.05. The molecule has 9 heteroatoms. The number of nitrogens with zero attached hydrogens (tertiary/aromatic N) is 2. The van der Waals surface area contributed by atoms with E-state index in [1.165, 1.54) is 13.1 Å². The standard InChI is InChI=1S/C17H12ClF3N2O3.C2H6/c1-2-25-16(24)14-15(17(19,20)21)23-13(26-14)6-9-3-4-12-10(5-9)7-11(18)8-22-12;1-2/h3-5,7-8H,2,6H2,1H3;1-2H3. The van der Waals surface area contributed by atoms with E-state index in [0.717, 1.165) is 5.39 Å². The highest BCUT2D eigenvalue weighted by atomic mass is 35.5. The summed E-state index contributed by atoms with van der Waals surface area (Å²) in [7, 11) is 0. The van der Waals surface area contributed by atoms with Gasteiger partial charge in [-0.05, 0) is 30.7 Å². The number of hydrogen-bond donors (Lipinski definition) is 0. The smallest absolute Gasteiger partial charge is 0.437 e. The van der Waals surface area contributed by atoms with Crippen LogP contribution in [0.1, 0.15) is 48.5 Å². The number of carbonyl (C=O) groups excluding carboxylic acids is 1. The summed E-state index contributed by atoms with van der Waals surface area (Å²) in [5.74, 6) is -2.39. The highest BCUT2D eigenvalue weighted by Crippen LogP contribution is 2.33. The van der Waals surface area contributed by atoms with Crippen molar-refractivity contribution in [3.63, 3.8) is 0 Å². The molecular formula is C19H18ClF3N2O3. The van der Waals surface area contributed by atoms with E-state index >= 15 is 0 Å². The molecule has 2 heterocycles. The van der Waals surface area contributed by atoms with Crippen molar-refractivity contribution in [1.82, 2.24) is 9.97 Å². The first-order chi connectivity index (χ1) is 13.3. The minimum Gasteiger partial charge on any atom is -0.460 e. The minimum absolute atomic E-state index is 0.0368. The fourth-order valence-electron chi connectivity index (χ4n) is 2.41. The number of esters is 1. The zero-order valence-corrected chi connectivity index (χ0v) is 16.2. The quantitative estimate of drug-likeness (QED) is 0.513. The number of aromatic nitrogens is 2. The van der Waals surface area contributed by atoms with Gasteiger partial charge >= 0.3 is 12.1 Å². The molecule has 0 saturated heterocycles. The second-order valence-electron chi connectivity index (χ2n) is 5.36. The Kier molecular flexibility index (Phi) is 7.01. The van der Waals surface area contributed by atoms with Crippen LogP contribution < -0.4 is 0 Å². The molecule has 0 atom stereocenters. The van der Waals surface area contributed by atoms with Gasteiger partial charge in [-0.15, -0.1) is 0 Å². The molecular weight excluding hydrogens is 397 g/mol. The largest absolute Gasteiger partial charge is 0.460 e. The molecule has 0 spiro atoms. The summed E-state index contributed by atoms with van der Waals surface area (Å²) in [6.45, 7) is 5.40. The lowest BCUT2D eigenvalue weighted by Crippen LogP contribution is -2.14. The van der Waals surface area contributed by atoms with Gasteiger partial charge in [0.05, 0.1) is 17.1 Å². The maximum absolute atomic E-state index is 13.1. The number of hydrogen-bond acceptors (Lipinski definition) is 5.